The molecule has 2 heteroatoms. The summed E-state index contributed by atoms with van der Waals surface area (Å²) < 4.78 is 0. The highest BCUT2D eigenvalue weighted by Gasteiger charge is 2.13. The zero-order chi connectivity index (χ0) is 15.5. The summed E-state index contributed by atoms with van der Waals surface area (Å²) in [6, 6.07) is 17.8. The predicted molar refractivity (Wildman–Crippen MR) is 95.4 cm³/mol. The van der Waals surface area contributed by atoms with Gasteiger partial charge in [-0.2, -0.15) is 0 Å². The molecule has 2 aromatic rings. The van der Waals surface area contributed by atoms with E-state index in [1.165, 1.54) is 21.7 Å². The molecule has 1 nitrogen and oxygen atoms in total. The van der Waals surface area contributed by atoms with Crippen LogP contribution in [0.1, 0.15) is 44.9 Å². The van der Waals surface area contributed by atoms with Crippen molar-refractivity contribution in [2.45, 2.75) is 44.0 Å². The average Bonchev–Trinajstić information content (AvgIpc) is 2.47. The van der Waals surface area contributed by atoms with Gasteiger partial charge in [0, 0.05) is 16.6 Å². The molecule has 0 radical (unpaired) electrons. The second-order valence-electron chi connectivity index (χ2n) is 6.47. The van der Waals surface area contributed by atoms with E-state index in [4.69, 9.17) is 0 Å². The van der Waals surface area contributed by atoms with Gasteiger partial charge >= 0.3 is 0 Å². The van der Waals surface area contributed by atoms with Gasteiger partial charge in [-0.15, -0.1) is 11.8 Å². The van der Waals surface area contributed by atoms with E-state index in [1.54, 1.807) is 11.8 Å². The van der Waals surface area contributed by atoms with Crippen molar-refractivity contribution in [1.29, 1.82) is 0 Å². The summed E-state index contributed by atoms with van der Waals surface area (Å²) in [7, 11) is 0. The van der Waals surface area contributed by atoms with Crippen molar-refractivity contribution >= 4 is 17.4 Å². The Labute approximate surface area is 133 Å². The maximum absolute atomic E-state index is 3.57. The molecule has 2 rings (SSSR count). The average molecular weight is 299 g/mol. The van der Waals surface area contributed by atoms with Crippen LogP contribution in [0.5, 0.6) is 0 Å². The fraction of sp³-hybridized carbons (Fsp3) is 0.368. The van der Waals surface area contributed by atoms with Crippen molar-refractivity contribution in [2.24, 2.45) is 0 Å². The van der Waals surface area contributed by atoms with E-state index in [-0.39, 0.29) is 5.41 Å². The molecule has 0 aliphatic carbocycles. The van der Waals surface area contributed by atoms with Crippen LogP contribution >= 0.6 is 11.8 Å². The Hall–Kier alpha value is -1.41. The number of rotatable bonds is 4. The molecule has 0 saturated heterocycles. The van der Waals surface area contributed by atoms with Gasteiger partial charge in [-0.05, 0) is 54.0 Å². The molecule has 1 unspecified atom stereocenters. The van der Waals surface area contributed by atoms with E-state index in [0.29, 0.717) is 6.04 Å². The van der Waals surface area contributed by atoms with E-state index >= 15 is 0 Å². The Kier molecular flexibility index (Phi) is 5.00. The fourth-order valence-electron chi connectivity index (χ4n) is 2.29. The minimum atomic E-state index is 0.206. The minimum absolute atomic E-state index is 0.206. The van der Waals surface area contributed by atoms with Gasteiger partial charge in [0.05, 0.1) is 0 Å². The van der Waals surface area contributed by atoms with Gasteiger partial charge in [0.25, 0.3) is 0 Å². The first-order chi connectivity index (χ1) is 9.90. The van der Waals surface area contributed by atoms with Crippen LogP contribution in [0, 0.1) is 0 Å². The SMILES string of the molecule is CSc1ccc(C(C)Nc2ccc(C(C)(C)C)cc2)cc1. The predicted octanol–water partition coefficient (Wildman–Crippen LogP) is 5.88. The van der Waals surface area contributed by atoms with Crippen LogP contribution in [-0.4, -0.2) is 6.26 Å². The van der Waals surface area contributed by atoms with Gasteiger partial charge in [-0.25, -0.2) is 0 Å². The lowest BCUT2D eigenvalue weighted by Crippen LogP contribution is -2.11. The molecule has 0 aliphatic heterocycles. The summed E-state index contributed by atoms with van der Waals surface area (Å²) in [4.78, 5) is 1.31. The molecule has 2 aromatic carbocycles. The maximum Gasteiger partial charge on any atom is 0.0485 e. The minimum Gasteiger partial charge on any atom is -0.379 e. The van der Waals surface area contributed by atoms with Gasteiger partial charge in [-0.1, -0.05) is 45.0 Å². The maximum atomic E-state index is 3.57. The van der Waals surface area contributed by atoms with Crippen molar-refractivity contribution in [1.82, 2.24) is 0 Å². The van der Waals surface area contributed by atoms with Crippen molar-refractivity contribution in [3.63, 3.8) is 0 Å². The van der Waals surface area contributed by atoms with Crippen LogP contribution in [0.2, 0.25) is 0 Å². The zero-order valence-corrected chi connectivity index (χ0v) is 14.4. The summed E-state index contributed by atoms with van der Waals surface area (Å²) in [6.45, 7) is 8.92. The number of thioether (sulfide) groups is 1. The van der Waals surface area contributed by atoms with E-state index in [9.17, 15) is 0 Å². The van der Waals surface area contributed by atoms with E-state index in [1.807, 2.05) is 0 Å². The third-order valence-corrected chi connectivity index (χ3v) is 4.49. The Morgan fingerprint density at radius 3 is 1.95 bits per heavy atom. The zero-order valence-electron chi connectivity index (χ0n) is 13.6. The molecule has 0 heterocycles. The first kappa shape index (κ1) is 16.0. The fourth-order valence-corrected chi connectivity index (χ4v) is 2.70. The summed E-state index contributed by atoms with van der Waals surface area (Å²) in [6.07, 6.45) is 2.10. The largest absolute Gasteiger partial charge is 0.379 e. The third kappa shape index (κ3) is 4.28. The molecule has 1 atom stereocenters. The van der Waals surface area contributed by atoms with Crippen molar-refractivity contribution < 1.29 is 0 Å². The van der Waals surface area contributed by atoms with Crippen LogP contribution in [0.4, 0.5) is 5.69 Å². The second kappa shape index (κ2) is 6.57. The van der Waals surface area contributed by atoms with Crippen molar-refractivity contribution in [3.8, 4) is 0 Å². The number of anilines is 1. The third-order valence-electron chi connectivity index (χ3n) is 3.75. The molecule has 112 valence electrons. The van der Waals surface area contributed by atoms with Crippen molar-refractivity contribution in [2.75, 3.05) is 11.6 Å². The van der Waals surface area contributed by atoms with Crippen molar-refractivity contribution in [3.05, 3.63) is 59.7 Å². The molecule has 0 aliphatic rings. The molecule has 0 amide bonds. The molecular formula is C19H25NS. The first-order valence-electron chi connectivity index (χ1n) is 7.41. The normalized spacial score (nSPS) is 13.0. The van der Waals surface area contributed by atoms with Crippen LogP contribution in [0.25, 0.3) is 0 Å². The van der Waals surface area contributed by atoms with Crippen LogP contribution in [0.3, 0.4) is 0 Å². The van der Waals surface area contributed by atoms with E-state index in [2.05, 4.69) is 87.8 Å². The van der Waals surface area contributed by atoms with Gasteiger partial charge < -0.3 is 5.32 Å². The Balaban J connectivity index is 2.06. The Bertz CT molecular complexity index is 564. The molecule has 0 bridgehead atoms. The molecular weight excluding hydrogens is 274 g/mol. The van der Waals surface area contributed by atoms with Gasteiger partial charge in [0.2, 0.25) is 0 Å². The standard InChI is InChI=1S/C19H25NS/c1-14(15-6-12-18(21-5)13-7-15)20-17-10-8-16(9-11-17)19(2,3)4/h6-14,20H,1-5H3. The van der Waals surface area contributed by atoms with E-state index < -0.39 is 0 Å². The summed E-state index contributed by atoms with van der Waals surface area (Å²) in [5, 5.41) is 3.57. The molecule has 1 N–H and O–H groups in total. The number of hydrogen-bond donors (Lipinski definition) is 1. The monoisotopic (exact) mass is 299 g/mol. The molecule has 0 spiro atoms. The number of nitrogens with one attached hydrogen (secondary N) is 1. The summed E-state index contributed by atoms with van der Waals surface area (Å²) in [5.74, 6) is 0. The summed E-state index contributed by atoms with van der Waals surface area (Å²) >= 11 is 1.78. The number of hydrogen-bond acceptors (Lipinski definition) is 2. The highest BCUT2D eigenvalue weighted by Crippen LogP contribution is 2.26. The van der Waals surface area contributed by atoms with E-state index in [0.717, 1.165) is 0 Å². The van der Waals surface area contributed by atoms with Crippen LogP contribution in [0.15, 0.2) is 53.4 Å². The van der Waals surface area contributed by atoms with Crippen LogP contribution in [-0.2, 0) is 5.41 Å². The number of benzene rings is 2. The Morgan fingerprint density at radius 1 is 0.905 bits per heavy atom. The van der Waals surface area contributed by atoms with Gasteiger partial charge in [0.1, 0.15) is 0 Å². The molecule has 0 saturated carbocycles. The van der Waals surface area contributed by atoms with Gasteiger partial charge in [0.15, 0.2) is 0 Å². The lowest BCUT2D eigenvalue weighted by atomic mass is 9.87. The summed E-state index contributed by atoms with van der Waals surface area (Å²) in [5.41, 5.74) is 4.06. The topological polar surface area (TPSA) is 12.0 Å². The highest BCUT2D eigenvalue weighted by atomic mass is 32.2. The molecule has 0 fully saturated rings. The molecule has 21 heavy (non-hydrogen) atoms. The highest BCUT2D eigenvalue weighted by molar-refractivity contribution is 7.98. The Morgan fingerprint density at radius 2 is 1.48 bits per heavy atom. The lowest BCUT2D eigenvalue weighted by molar-refractivity contribution is 0.590. The molecule has 0 aromatic heterocycles. The first-order valence-corrected chi connectivity index (χ1v) is 8.63. The van der Waals surface area contributed by atoms with Crippen LogP contribution < -0.4 is 5.32 Å². The quantitative estimate of drug-likeness (QED) is 0.708. The van der Waals surface area contributed by atoms with Gasteiger partial charge in [-0.3, -0.25) is 0 Å². The smallest absolute Gasteiger partial charge is 0.0485 e. The second-order valence-corrected chi connectivity index (χ2v) is 7.35. The lowest BCUT2D eigenvalue weighted by Gasteiger charge is -2.20.